The van der Waals surface area contributed by atoms with Crippen LogP contribution in [0.5, 0.6) is 0 Å². The molecule has 0 aromatic heterocycles. The maximum atomic E-state index is 12.5. The first-order valence-corrected chi connectivity index (χ1v) is 8.88. The Morgan fingerprint density at radius 1 is 1.19 bits per heavy atom. The van der Waals surface area contributed by atoms with Crippen molar-refractivity contribution in [2.24, 2.45) is 0 Å². The highest BCUT2D eigenvalue weighted by atomic mass is 32.7. The zero-order valence-electron chi connectivity index (χ0n) is 11.1. The summed E-state index contributed by atoms with van der Waals surface area (Å²) in [5.41, 5.74) is 0. The van der Waals surface area contributed by atoms with Gasteiger partial charge in [-0.1, -0.05) is 18.3 Å². The molecule has 98 valence electrons. The standard InChI is InChI=1S/C10H25N2O2PS/c1-6-10-16-15(13,14-7-2)12(5)9-8-11(3)4/h6-10H2,1-5H3. The molecule has 0 bridgehead atoms. The minimum Gasteiger partial charge on any atom is -0.310 e. The van der Waals surface area contributed by atoms with E-state index in [9.17, 15) is 4.57 Å². The second kappa shape index (κ2) is 8.54. The molecule has 0 saturated carbocycles. The molecule has 0 aromatic rings. The Bertz CT molecular complexity index is 227. The van der Waals surface area contributed by atoms with Crippen molar-refractivity contribution in [1.29, 1.82) is 0 Å². The van der Waals surface area contributed by atoms with E-state index in [0.29, 0.717) is 6.61 Å². The maximum absolute atomic E-state index is 12.5. The molecule has 0 radical (unpaired) electrons. The molecule has 1 atom stereocenters. The Labute approximate surface area is 104 Å². The predicted molar refractivity (Wildman–Crippen MR) is 73.2 cm³/mol. The summed E-state index contributed by atoms with van der Waals surface area (Å²) >= 11 is 1.45. The number of hydrogen-bond donors (Lipinski definition) is 0. The molecule has 6 heteroatoms. The van der Waals surface area contributed by atoms with Gasteiger partial charge in [0.25, 0.3) is 0 Å². The molecule has 0 saturated heterocycles. The first kappa shape index (κ1) is 16.5. The van der Waals surface area contributed by atoms with Gasteiger partial charge in [0.2, 0.25) is 0 Å². The number of rotatable bonds is 9. The topological polar surface area (TPSA) is 32.8 Å². The fourth-order valence-electron chi connectivity index (χ4n) is 1.07. The average molecular weight is 268 g/mol. The van der Waals surface area contributed by atoms with Crippen LogP contribution < -0.4 is 0 Å². The van der Waals surface area contributed by atoms with Gasteiger partial charge in [0.05, 0.1) is 6.61 Å². The van der Waals surface area contributed by atoms with E-state index in [1.807, 2.05) is 32.7 Å². The second-order valence-electron chi connectivity index (χ2n) is 3.90. The molecule has 0 aliphatic carbocycles. The Kier molecular flexibility index (Phi) is 8.78. The Morgan fingerprint density at radius 3 is 2.25 bits per heavy atom. The quantitative estimate of drug-likeness (QED) is 0.600. The molecule has 16 heavy (non-hydrogen) atoms. The van der Waals surface area contributed by atoms with Crippen LogP contribution in [0.15, 0.2) is 0 Å². The first-order valence-electron chi connectivity index (χ1n) is 5.71. The maximum Gasteiger partial charge on any atom is 0.328 e. The van der Waals surface area contributed by atoms with Crippen molar-refractivity contribution in [2.75, 3.05) is 46.6 Å². The molecule has 0 heterocycles. The lowest BCUT2D eigenvalue weighted by Gasteiger charge is -2.27. The molecule has 1 unspecified atom stereocenters. The van der Waals surface area contributed by atoms with Crippen LogP contribution in [0.1, 0.15) is 20.3 Å². The highest BCUT2D eigenvalue weighted by Gasteiger charge is 2.28. The molecule has 0 N–H and O–H groups in total. The molecular weight excluding hydrogens is 243 g/mol. The van der Waals surface area contributed by atoms with Crippen LogP contribution in [0.2, 0.25) is 0 Å². The van der Waals surface area contributed by atoms with E-state index in [1.165, 1.54) is 11.4 Å². The zero-order valence-corrected chi connectivity index (χ0v) is 12.8. The monoisotopic (exact) mass is 268 g/mol. The van der Waals surface area contributed by atoms with E-state index in [0.717, 1.165) is 25.3 Å². The van der Waals surface area contributed by atoms with Crippen molar-refractivity contribution in [2.45, 2.75) is 20.3 Å². The van der Waals surface area contributed by atoms with Gasteiger partial charge >= 0.3 is 6.72 Å². The zero-order chi connectivity index (χ0) is 12.6. The average Bonchev–Trinajstić information content (AvgIpc) is 2.23. The van der Waals surface area contributed by atoms with Crippen molar-refractivity contribution < 1.29 is 9.09 Å². The first-order chi connectivity index (χ1) is 7.46. The normalized spacial score (nSPS) is 15.7. The van der Waals surface area contributed by atoms with Gasteiger partial charge in [-0.3, -0.25) is 4.57 Å². The van der Waals surface area contributed by atoms with E-state index in [2.05, 4.69) is 11.8 Å². The summed E-state index contributed by atoms with van der Waals surface area (Å²) in [5.74, 6) is 0.879. The third-order valence-electron chi connectivity index (χ3n) is 2.04. The Balaban J connectivity index is 4.31. The molecule has 0 aliphatic heterocycles. The van der Waals surface area contributed by atoms with Gasteiger partial charge in [0.1, 0.15) is 0 Å². The summed E-state index contributed by atoms with van der Waals surface area (Å²) in [6.07, 6.45) is 1.02. The van der Waals surface area contributed by atoms with Crippen molar-refractivity contribution in [3.8, 4) is 0 Å². The predicted octanol–water partition coefficient (Wildman–Crippen LogP) is 2.77. The van der Waals surface area contributed by atoms with Gasteiger partial charge in [-0.2, -0.15) is 0 Å². The molecule has 0 spiro atoms. The van der Waals surface area contributed by atoms with Gasteiger partial charge in [-0.25, -0.2) is 4.67 Å². The van der Waals surface area contributed by atoms with Crippen LogP contribution in [0.4, 0.5) is 0 Å². The third kappa shape index (κ3) is 6.26. The third-order valence-corrected chi connectivity index (χ3v) is 7.26. The Morgan fingerprint density at radius 2 is 1.81 bits per heavy atom. The molecular formula is C10H25N2O2PS. The molecule has 0 rings (SSSR count). The number of likely N-dealkylation sites (N-methyl/N-ethyl adjacent to an activating group) is 2. The van der Waals surface area contributed by atoms with E-state index in [4.69, 9.17) is 4.52 Å². The lowest BCUT2D eigenvalue weighted by Crippen LogP contribution is -2.26. The van der Waals surface area contributed by atoms with Gasteiger partial charge in [0, 0.05) is 18.8 Å². The summed E-state index contributed by atoms with van der Waals surface area (Å²) in [4.78, 5) is 2.08. The summed E-state index contributed by atoms with van der Waals surface area (Å²) in [5, 5.41) is 0. The van der Waals surface area contributed by atoms with E-state index >= 15 is 0 Å². The lowest BCUT2D eigenvalue weighted by atomic mass is 10.6. The minimum atomic E-state index is -2.66. The van der Waals surface area contributed by atoms with Crippen molar-refractivity contribution in [3.05, 3.63) is 0 Å². The SMILES string of the molecule is CCCSP(=O)(OCC)N(C)CCN(C)C. The lowest BCUT2D eigenvalue weighted by molar-refractivity contribution is 0.287. The van der Waals surface area contributed by atoms with Gasteiger partial charge < -0.3 is 9.42 Å². The molecule has 0 aromatic carbocycles. The van der Waals surface area contributed by atoms with Crippen molar-refractivity contribution in [3.63, 3.8) is 0 Å². The summed E-state index contributed by atoms with van der Waals surface area (Å²) in [7, 11) is 5.90. The number of nitrogens with zero attached hydrogens (tertiary/aromatic N) is 2. The molecule has 4 nitrogen and oxygen atoms in total. The second-order valence-corrected chi connectivity index (χ2v) is 8.61. The van der Waals surface area contributed by atoms with E-state index in [-0.39, 0.29) is 0 Å². The van der Waals surface area contributed by atoms with Crippen LogP contribution in [0.25, 0.3) is 0 Å². The van der Waals surface area contributed by atoms with Gasteiger partial charge in [0.15, 0.2) is 0 Å². The van der Waals surface area contributed by atoms with Crippen LogP contribution in [0, 0.1) is 0 Å². The van der Waals surface area contributed by atoms with Crippen LogP contribution in [-0.4, -0.2) is 56.2 Å². The summed E-state index contributed by atoms with van der Waals surface area (Å²) < 4.78 is 19.8. The number of hydrogen-bond acceptors (Lipinski definition) is 4. The van der Waals surface area contributed by atoms with E-state index in [1.54, 1.807) is 0 Å². The highest BCUT2D eigenvalue weighted by molar-refractivity contribution is 8.55. The van der Waals surface area contributed by atoms with Crippen LogP contribution >= 0.6 is 18.1 Å². The summed E-state index contributed by atoms with van der Waals surface area (Å²) in [6, 6.07) is 0. The van der Waals surface area contributed by atoms with E-state index < -0.39 is 6.72 Å². The highest BCUT2D eigenvalue weighted by Crippen LogP contribution is 2.61. The fourth-order valence-corrected chi connectivity index (χ4v) is 5.23. The fraction of sp³-hybridized carbons (Fsp3) is 1.00. The molecule has 0 aliphatic rings. The molecule has 0 fully saturated rings. The Hall–Kier alpha value is 0.460. The van der Waals surface area contributed by atoms with Gasteiger partial charge in [-0.15, -0.1) is 0 Å². The molecule has 0 amide bonds. The van der Waals surface area contributed by atoms with Crippen molar-refractivity contribution >= 4 is 18.1 Å². The minimum absolute atomic E-state index is 0.500. The van der Waals surface area contributed by atoms with Crippen LogP contribution in [0.3, 0.4) is 0 Å². The summed E-state index contributed by atoms with van der Waals surface area (Å²) in [6.45, 7) is 3.47. The van der Waals surface area contributed by atoms with Crippen molar-refractivity contribution in [1.82, 2.24) is 9.57 Å². The van der Waals surface area contributed by atoms with Gasteiger partial charge in [-0.05, 0) is 34.5 Å². The smallest absolute Gasteiger partial charge is 0.310 e. The van der Waals surface area contributed by atoms with Crippen LogP contribution in [-0.2, 0) is 9.09 Å². The largest absolute Gasteiger partial charge is 0.328 e.